The van der Waals surface area contributed by atoms with Crippen LogP contribution in [0.25, 0.3) is 0 Å². The van der Waals surface area contributed by atoms with Gasteiger partial charge in [-0.15, -0.1) is 12.4 Å². The molecule has 0 saturated carbocycles. The molecule has 26 heavy (non-hydrogen) atoms. The number of halogens is 1. The van der Waals surface area contributed by atoms with Gasteiger partial charge in [-0.2, -0.15) is 0 Å². The number of rotatable bonds is 6. The minimum atomic E-state index is -3.33. The van der Waals surface area contributed by atoms with Gasteiger partial charge in [-0.05, 0) is 30.2 Å². The minimum Gasteiger partial charge on any atom is -0.345 e. The number of carbonyl (C=O) groups excluding carboxylic acids is 1. The summed E-state index contributed by atoms with van der Waals surface area (Å²) >= 11 is 0. The first-order valence-corrected chi connectivity index (χ1v) is 9.98. The van der Waals surface area contributed by atoms with E-state index in [9.17, 15) is 13.2 Å². The monoisotopic (exact) mass is 396 g/mol. The standard InChI is InChI=1S/C19H24N2O3S.ClH/c1-13-7-9-15(10-8-13)18(21-19(22)14(2)12-20)16-5-4-6-17(11-16)25(3,23)24;/h4-11,14,18H,12,20H2,1-3H3,(H,21,22);1H. The number of hydrogen-bond acceptors (Lipinski definition) is 4. The van der Waals surface area contributed by atoms with E-state index >= 15 is 0 Å². The predicted octanol–water partition coefficient (Wildman–Crippen LogP) is 2.62. The molecule has 0 fully saturated rings. The van der Waals surface area contributed by atoms with Gasteiger partial charge in [-0.3, -0.25) is 4.79 Å². The Labute approximate surface area is 161 Å². The van der Waals surface area contributed by atoms with Crippen molar-refractivity contribution in [3.8, 4) is 0 Å². The van der Waals surface area contributed by atoms with Gasteiger partial charge in [0.2, 0.25) is 5.91 Å². The molecule has 0 saturated heterocycles. The van der Waals surface area contributed by atoms with Crippen molar-refractivity contribution in [3.63, 3.8) is 0 Å². The topological polar surface area (TPSA) is 89.3 Å². The highest BCUT2D eigenvalue weighted by Gasteiger charge is 2.21. The second kappa shape index (κ2) is 9.16. The Morgan fingerprint density at radius 2 is 1.73 bits per heavy atom. The van der Waals surface area contributed by atoms with Gasteiger partial charge in [-0.1, -0.05) is 48.9 Å². The summed E-state index contributed by atoms with van der Waals surface area (Å²) in [6, 6.07) is 14.0. The maximum atomic E-state index is 12.4. The highest BCUT2D eigenvalue weighted by Crippen LogP contribution is 2.25. The molecule has 0 spiro atoms. The third-order valence-electron chi connectivity index (χ3n) is 4.12. The first-order chi connectivity index (χ1) is 11.7. The summed E-state index contributed by atoms with van der Waals surface area (Å²) in [5, 5.41) is 2.98. The lowest BCUT2D eigenvalue weighted by molar-refractivity contribution is -0.124. The molecule has 142 valence electrons. The second-order valence-corrected chi connectivity index (χ2v) is 8.35. The Kier molecular flexibility index (Phi) is 7.81. The molecule has 2 atom stereocenters. The average molecular weight is 397 g/mol. The van der Waals surface area contributed by atoms with Gasteiger partial charge in [0.15, 0.2) is 9.84 Å². The molecule has 0 heterocycles. The largest absolute Gasteiger partial charge is 0.345 e. The third kappa shape index (κ3) is 5.56. The lowest BCUT2D eigenvalue weighted by Gasteiger charge is -2.22. The van der Waals surface area contributed by atoms with E-state index in [4.69, 9.17) is 5.73 Å². The third-order valence-corrected chi connectivity index (χ3v) is 5.23. The van der Waals surface area contributed by atoms with Crippen LogP contribution < -0.4 is 11.1 Å². The Balaban J connectivity index is 0.00000338. The molecular weight excluding hydrogens is 372 g/mol. The minimum absolute atomic E-state index is 0. The van der Waals surface area contributed by atoms with E-state index in [-0.39, 0.29) is 35.7 Å². The van der Waals surface area contributed by atoms with Crippen LogP contribution in [0.15, 0.2) is 53.4 Å². The molecule has 2 aromatic carbocycles. The predicted molar refractivity (Wildman–Crippen MR) is 106 cm³/mol. The molecule has 7 heteroatoms. The molecule has 2 aromatic rings. The van der Waals surface area contributed by atoms with Crippen molar-refractivity contribution in [1.29, 1.82) is 0 Å². The first-order valence-electron chi connectivity index (χ1n) is 8.09. The summed E-state index contributed by atoms with van der Waals surface area (Å²) in [6.45, 7) is 3.99. The summed E-state index contributed by atoms with van der Waals surface area (Å²) in [7, 11) is -3.33. The van der Waals surface area contributed by atoms with Crippen molar-refractivity contribution in [2.45, 2.75) is 24.8 Å². The molecule has 0 aliphatic heterocycles. The molecule has 2 rings (SSSR count). The summed E-state index contributed by atoms with van der Waals surface area (Å²) in [5.74, 6) is -0.496. The Bertz CT molecular complexity index is 851. The van der Waals surface area contributed by atoms with Crippen LogP contribution >= 0.6 is 12.4 Å². The molecule has 1 amide bonds. The Morgan fingerprint density at radius 1 is 1.12 bits per heavy atom. The van der Waals surface area contributed by atoms with Crippen LogP contribution in [0.3, 0.4) is 0 Å². The van der Waals surface area contributed by atoms with Crippen molar-refractivity contribution in [3.05, 3.63) is 65.2 Å². The van der Waals surface area contributed by atoms with E-state index in [0.717, 1.165) is 11.1 Å². The molecule has 3 N–H and O–H groups in total. The van der Waals surface area contributed by atoms with Crippen LogP contribution in [-0.2, 0) is 14.6 Å². The maximum absolute atomic E-state index is 12.4. The summed E-state index contributed by atoms with van der Waals surface area (Å²) in [5.41, 5.74) is 8.29. The highest BCUT2D eigenvalue weighted by atomic mass is 35.5. The number of aryl methyl sites for hydroxylation is 1. The number of benzene rings is 2. The quantitative estimate of drug-likeness (QED) is 0.785. The summed E-state index contributed by atoms with van der Waals surface area (Å²) in [6.07, 6.45) is 1.17. The van der Waals surface area contributed by atoms with Crippen LogP contribution in [0.1, 0.15) is 29.7 Å². The zero-order valence-electron chi connectivity index (χ0n) is 15.1. The average Bonchev–Trinajstić information content (AvgIpc) is 2.59. The Morgan fingerprint density at radius 3 is 2.27 bits per heavy atom. The fourth-order valence-electron chi connectivity index (χ4n) is 2.43. The van der Waals surface area contributed by atoms with Crippen molar-refractivity contribution in [2.75, 3.05) is 12.8 Å². The van der Waals surface area contributed by atoms with Crippen LogP contribution in [0.2, 0.25) is 0 Å². The Hall–Kier alpha value is -1.89. The van der Waals surface area contributed by atoms with Gasteiger partial charge in [0.25, 0.3) is 0 Å². The number of nitrogens with one attached hydrogen (secondary N) is 1. The number of nitrogens with two attached hydrogens (primary N) is 1. The zero-order chi connectivity index (χ0) is 18.6. The van der Waals surface area contributed by atoms with Crippen molar-refractivity contribution in [1.82, 2.24) is 5.32 Å². The van der Waals surface area contributed by atoms with E-state index in [1.165, 1.54) is 6.26 Å². The van der Waals surface area contributed by atoms with Gasteiger partial charge in [-0.25, -0.2) is 8.42 Å². The van der Waals surface area contributed by atoms with Gasteiger partial charge in [0, 0.05) is 18.7 Å². The normalized spacial score (nSPS) is 13.4. The molecule has 5 nitrogen and oxygen atoms in total. The summed E-state index contributed by atoms with van der Waals surface area (Å²) < 4.78 is 23.7. The van der Waals surface area contributed by atoms with Crippen LogP contribution in [0.5, 0.6) is 0 Å². The fourth-order valence-corrected chi connectivity index (χ4v) is 3.11. The lowest BCUT2D eigenvalue weighted by Crippen LogP contribution is -2.36. The second-order valence-electron chi connectivity index (χ2n) is 6.33. The van der Waals surface area contributed by atoms with E-state index in [2.05, 4.69) is 5.32 Å². The number of amides is 1. The van der Waals surface area contributed by atoms with E-state index in [1.54, 1.807) is 25.1 Å². The molecule has 0 radical (unpaired) electrons. The molecular formula is C19H25ClN2O3S. The van der Waals surface area contributed by atoms with Gasteiger partial charge in [0.05, 0.1) is 10.9 Å². The first kappa shape index (κ1) is 22.2. The van der Waals surface area contributed by atoms with Crippen molar-refractivity contribution in [2.24, 2.45) is 11.7 Å². The molecule has 2 unspecified atom stereocenters. The molecule has 0 aromatic heterocycles. The van der Waals surface area contributed by atoms with E-state index in [1.807, 2.05) is 37.3 Å². The molecule has 0 bridgehead atoms. The SMILES string of the molecule is Cc1ccc(C(NC(=O)C(C)CN)c2cccc(S(C)(=O)=O)c2)cc1.Cl. The van der Waals surface area contributed by atoms with Gasteiger partial charge >= 0.3 is 0 Å². The van der Waals surface area contributed by atoms with Gasteiger partial charge in [0.1, 0.15) is 0 Å². The zero-order valence-corrected chi connectivity index (χ0v) is 16.7. The van der Waals surface area contributed by atoms with Crippen molar-refractivity contribution >= 4 is 28.2 Å². The number of carbonyl (C=O) groups is 1. The number of sulfone groups is 1. The molecule has 0 aliphatic rings. The molecule has 0 aliphatic carbocycles. The summed E-state index contributed by atoms with van der Waals surface area (Å²) in [4.78, 5) is 12.6. The van der Waals surface area contributed by atoms with E-state index in [0.29, 0.717) is 5.56 Å². The van der Waals surface area contributed by atoms with Crippen molar-refractivity contribution < 1.29 is 13.2 Å². The van der Waals surface area contributed by atoms with E-state index < -0.39 is 15.9 Å². The number of hydrogen-bond donors (Lipinski definition) is 2. The van der Waals surface area contributed by atoms with Crippen LogP contribution in [0, 0.1) is 12.8 Å². The van der Waals surface area contributed by atoms with Crippen LogP contribution in [-0.4, -0.2) is 27.1 Å². The fraction of sp³-hybridized carbons (Fsp3) is 0.316. The lowest BCUT2D eigenvalue weighted by atomic mass is 9.97. The highest BCUT2D eigenvalue weighted by molar-refractivity contribution is 7.90. The van der Waals surface area contributed by atoms with Gasteiger partial charge < -0.3 is 11.1 Å². The van der Waals surface area contributed by atoms with Crippen LogP contribution in [0.4, 0.5) is 0 Å². The maximum Gasteiger partial charge on any atom is 0.224 e. The smallest absolute Gasteiger partial charge is 0.224 e.